The number of amides is 1. The van der Waals surface area contributed by atoms with E-state index in [0.717, 1.165) is 4.90 Å². The second-order valence-corrected chi connectivity index (χ2v) is 9.46. The Hall–Kier alpha value is -3.01. The average molecular weight is 491 g/mol. The summed E-state index contributed by atoms with van der Waals surface area (Å²) in [6.07, 6.45) is 1.92. The van der Waals surface area contributed by atoms with Gasteiger partial charge in [-0.15, -0.1) is 11.8 Å². The number of carbonyl (C=O) groups is 2. The van der Waals surface area contributed by atoms with Gasteiger partial charge in [-0.3, -0.25) is 9.52 Å². The van der Waals surface area contributed by atoms with E-state index in [1.54, 1.807) is 30.3 Å². The fourth-order valence-corrected chi connectivity index (χ4v) is 4.34. The smallest absolute Gasteiger partial charge is 0.340 e. The van der Waals surface area contributed by atoms with Gasteiger partial charge in [-0.2, -0.15) is 0 Å². The summed E-state index contributed by atoms with van der Waals surface area (Å²) in [4.78, 5) is 25.6. The van der Waals surface area contributed by atoms with E-state index in [2.05, 4.69) is 10.0 Å². The van der Waals surface area contributed by atoms with E-state index in [9.17, 15) is 18.0 Å². The minimum atomic E-state index is -3.96. The number of nitrogens with one attached hydrogen (secondary N) is 2. The standard InChI is InChI=1S/C22H19ClN2O5S2/c1-31-17-6-4-5-16(13-17)24-21(26)14-30-22(27)19-7-2-3-8-20(19)25-32(28,29)18-11-9-15(23)10-12-18/h2-13,25H,14H2,1H3,(H,24,26). The molecule has 0 unspecified atom stereocenters. The molecule has 0 aromatic heterocycles. The summed E-state index contributed by atoms with van der Waals surface area (Å²) in [6, 6.07) is 18.8. The van der Waals surface area contributed by atoms with Crippen LogP contribution in [0.2, 0.25) is 5.02 Å². The molecule has 0 fully saturated rings. The number of sulfonamides is 1. The number of rotatable bonds is 8. The van der Waals surface area contributed by atoms with Crippen molar-refractivity contribution in [1.82, 2.24) is 0 Å². The van der Waals surface area contributed by atoms with Crippen LogP contribution >= 0.6 is 23.4 Å². The van der Waals surface area contributed by atoms with Gasteiger partial charge in [0.05, 0.1) is 16.1 Å². The minimum Gasteiger partial charge on any atom is -0.452 e. The van der Waals surface area contributed by atoms with E-state index in [4.69, 9.17) is 16.3 Å². The van der Waals surface area contributed by atoms with Crippen LogP contribution in [0.4, 0.5) is 11.4 Å². The summed E-state index contributed by atoms with van der Waals surface area (Å²) >= 11 is 7.34. The summed E-state index contributed by atoms with van der Waals surface area (Å²) in [5.74, 6) is -1.36. The van der Waals surface area contributed by atoms with Crippen LogP contribution in [0.25, 0.3) is 0 Å². The SMILES string of the molecule is CSc1cccc(NC(=O)COC(=O)c2ccccc2NS(=O)(=O)c2ccc(Cl)cc2)c1. The molecule has 3 aromatic carbocycles. The fourth-order valence-electron chi connectivity index (χ4n) is 2.67. The largest absolute Gasteiger partial charge is 0.452 e. The predicted octanol–water partition coefficient (Wildman–Crippen LogP) is 4.66. The van der Waals surface area contributed by atoms with E-state index >= 15 is 0 Å². The maximum Gasteiger partial charge on any atom is 0.340 e. The Morgan fingerprint density at radius 1 is 1.00 bits per heavy atom. The van der Waals surface area contributed by atoms with E-state index in [1.807, 2.05) is 12.3 Å². The lowest BCUT2D eigenvalue weighted by Crippen LogP contribution is -2.22. The van der Waals surface area contributed by atoms with Crippen molar-refractivity contribution >= 4 is 56.6 Å². The highest BCUT2D eigenvalue weighted by Crippen LogP contribution is 2.22. The van der Waals surface area contributed by atoms with Gasteiger partial charge in [0.1, 0.15) is 0 Å². The molecule has 3 rings (SSSR count). The monoisotopic (exact) mass is 490 g/mol. The zero-order valence-corrected chi connectivity index (χ0v) is 19.3. The molecule has 1 amide bonds. The number of para-hydroxylation sites is 1. The third kappa shape index (κ3) is 6.25. The van der Waals surface area contributed by atoms with Gasteiger partial charge in [-0.05, 0) is 60.9 Å². The molecule has 0 radical (unpaired) electrons. The molecule has 0 bridgehead atoms. The molecular formula is C22H19ClN2O5S2. The van der Waals surface area contributed by atoms with Crippen molar-refractivity contribution in [3.8, 4) is 0 Å². The number of esters is 1. The van der Waals surface area contributed by atoms with Crippen LogP contribution in [0.5, 0.6) is 0 Å². The highest BCUT2D eigenvalue weighted by molar-refractivity contribution is 7.98. The maximum absolute atomic E-state index is 12.6. The number of anilines is 2. The third-order valence-electron chi connectivity index (χ3n) is 4.20. The number of ether oxygens (including phenoxy) is 1. The van der Waals surface area contributed by atoms with Crippen LogP contribution in [0, 0.1) is 0 Å². The highest BCUT2D eigenvalue weighted by Gasteiger charge is 2.20. The van der Waals surface area contributed by atoms with E-state index < -0.39 is 28.5 Å². The first-order valence-corrected chi connectivity index (χ1v) is 12.4. The Bertz CT molecular complexity index is 1230. The number of halogens is 1. The van der Waals surface area contributed by atoms with Crippen molar-refractivity contribution in [2.24, 2.45) is 0 Å². The number of benzene rings is 3. The zero-order chi connectivity index (χ0) is 23.1. The van der Waals surface area contributed by atoms with Gasteiger partial charge >= 0.3 is 5.97 Å². The third-order valence-corrected chi connectivity index (χ3v) is 6.56. The van der Waals surface area contributed by atoms with Crippen molar-refractivity contribution in [2.45, 2.75) is 9.79 Å². The quantitative estimate of drug-likeness (QED) is 0.352. The van der Waals surface area contributed by atoms with Crippen molar-refractivity contribution in [2.75, 3.05) is 22.9 Å². The minimum absolute atomic E-state index is 0.0167. The molecule has 3 aromatic rings. The molecule has 0 saturated heterocycles. The molecule has 0 saturated carbocycles. The van der Waals surface area contributed by atoms with E-state index in [-0.39, 0.29) is 16.1 Å². The lowest BCUT2D eigenvalue weighted by Gasteiger charge is -2.12. The topological polar surface area (TPSA) is 102 Å². The Labute approximate surface area is 195 Å². The van der Waals surface area contributed by atoms with E-state index in [0.29, 0.717) is 10.7 Å². The summed E-state index contributed by atoms with van der Waals surface area (Å²) < 4.78 is 32.7. The lowest BCUT2D eigenvalue weighted by molar-refractivity contribution is -0.119. The molecule has 10 heteroatoms. The fraction of sp³-hybridized carbons (Fsp3) is 0.0909. The molecule has 0 atom stereocenters. The number of thioether (sulfide) groups is 1. The van der Waals surface area contributed by atoms with E-state index in [1.165, 1.54) is 48.2 Å². The Morgan fingerprint density at radius 3 is 2.44 bits per heavy atom. The second-order valence-electron chi connectivity index (χ2n) is 6.46. The number of hydrogen-bond acceptors (Lipinski definition) is 6. The summed E-state index contributed by atoms with van der Waals surface area (Å²) in [5.41, 5.74) is 0.580. The van der Waals surface area contributed by atoms with Crippen LogP contribution in [0.1, 0.15) is 10.4 Å². The predicted molar refractivity (Wildman–Crippen MR) is 126 cm³/mol. The zero-order valence-electron chi connectivity index (χ0n) is 16.9. The highest BCUT2D eigenvalue weighted by atomic mass is 35.5. The van der Waals surface area contributed by atoms with Gasteiger partial charge in [0.25, 0.3) is 15.9 Å². The molecule has 32 heavy (non-hydrogen) atoms. The van der Waals surface area contributed by atoms with Crippen LogP contribution in [-0.4, -0.2) is 33.2 Å². The van der Waals surface area contributed by atoms with Crippen LogP contribution in [-0.2, 0) is 19.6 Å². The Balaban J connectivity index is 1.67. The Morgan fingerprint density at radius 2 is 1.72 bits per heavy atom. The van der Waals surface area contributed by atoms with Gasteiger partial charge in [-0.25, -0.2) is 13.2 Å². The van der Waals surface area contributed by atoms with Crippen LogP contribution in [0.3, 0.4) is 0 Å². The molecule has 0 aliphatic carbocycles. The first-order valence-electron chi connectivity index (χ1n) is 9.27. The van der Waals surface area contributed by atoms with Gasteiger partial charge in [0, 0.05) is 15.6 Å². The normalized spacial score (nSPS) is 10.9. The molecule has 0 aliphatic heterocycles. The molecule has 0 heterocycles. The summed E-state index contributed by atoms with van der Waals surface area (Å²) in [6.45, 7) is -0.527. The molecule has 166 valence electrons. The summed E-state index contributed by atoms with van der Waals surface area (Å²) in [5, 5.41) is 3.05. The summed E-state index contributed by atoms with van der Waals surface area (Å²) in [7, 11) is -3.96. The van der Waals surface area contributed by atoms with Crippen molar-refractivity contribution in [3.05, 3.63) is 83.4 Å². The first-order chi connectivity index (χ1) is 15.3. The first kappa shape index (κ1) is 23.6. The van der Waals surface area contributed by atoms with Gasteiger partial charge < -0.3 is 10.1 Å². The van der Waals surface area contributed by atoms with Crippen molar-refractivity contribution < 1.29 is 22.7 Å². The average Bonchev–Trinajstić information content (AvgIpc) is 2.78. The Kier molecular flexibility index (Phi) is 7.79. The number of hydrogen-bond donors (Lipinski definition) is 2. The molecule has 0 aliphatic rings. The second kappa shape index (κ2) is 10.5. The molecule has 7 nitrogen and oxygen atoms in total. The maximum atomic E-state index is 12.6. The molecule has 0 spiro atoms. The van der Waals surface area contributed by atoms with Crippen molar-refractivity contribution in [1.29, 1.82) is 0 Å². The molecular weight excluding hydrogens is 472 g/mol. The van der Waals surface area contributed by atoms with Crippen LogP contribution in [0.15, 0.2) is 82.6 Å². The number of carbonyl (C=O) groups excluding carboxylic acids is 2. The van der Waals surface area contributed by atoms with Crippen molar-refractivity contribution in [3.63, 3.8) is 0 Å². The van der Waals surface area contributed by atoms with Gasteiger partial charge in [-0.1, -0.05) is 29.8 Å². The van der Waals surface area contributed by atoms with Gasteiger partial charge in [0.15, 0.2) is 6.61 Å². The molecule has 2 N–H and O–H groups in total. The lowest BCUT2D eigenvalue weighted by atomic mass is 10.2. The van der Waals surface area contributed by atoms with Gasteiger partial charge in [0.2, 0.25) is 0 Å². The van der Waals surface area contributed by atoms with Crippen LogP contribution < -0.4 is 10.0 Å².